The summed E-state index contributed by atoms with van der Waals surface area (Å²) < 4.78 is 2.33. The Labute approximate surface area is 227 Å². The molecular formula is C36H25N3. The normalized spacial score (nSPS) is 19.8. The molecule has 4 aliphatic carbocycles. The number of rotatable bonds is 2. The number of nitrogens with zero attached hydrogens (tertiary/aromatic N) is 3. The molecule has 9 rings (SSSR count). The lowest BCUT2D eigenvalue weighted by molar-refractivity contribution is 0.836. The van der Waals surface area contributed by atoms with Crippen LogP contribution < -0.4 is 4.90 Å². The molecule has 3 aromatic carbocycles. The van der Waals surface area contributed by atoms with Crippen LogP contribution in [0.1, 0.15) is 17.8 Å². The minimum Gasteiger partial charge on any atom is -0.306 e. The van der Waals surface area contributed by atoms with E-state index in [4.69, 9.17) is 4.98 Å². The molecule has 1 aliphatic heterocycles. The average Bonchev–Trinajstić information content (AvgIpc) is 3.33. The molecule has 5 aliphatic rings. The molecule has 1 atom stereocenters. The number of anilines is 3. The van der Waals surface area contributed by atoms with Crippen molar-refractivity contribution in [1.29, 1.82) is 0 Å². The number of hydrogen-bond acceptors (Lipinski definition) is 2. The molecule has 0 saturated heterocycles. The monoisotopic (exact) mass is 499 g/mol. The Kier molecular flexibility index (Phi) is 4.10. The lowest BCUT2D eigenvalue weighted by Gasteiger charge is -2.37. The first-order valence-corrected chi connectivity index (χ1v) is 13.7. The van der Waals surface area contributed by atoms with Crippen LogP contribution in [0.2, 0.25) is 0 Å². The molecule has 0 bridgehead atoms. The number of benzene rings is 3. The van der Waals surface area contributed by atoms with Gasteiger partial charge in [-0.1, -0.05) is 78.9 Å². The molecule has 184 valence electrons. The average molecular weight is 500 g/mol. The van der Waals surface area contributed by atoms with Crippen molar-refractivity contribution in [3.63, 3.8) is 0 Å². The van der Waals surface area contributed by atoms with E-state index in [0.29, 0.717) is 5.92 Å². The van der Waals surface area contributed by atoms with Gasteiger partial charge in [0.25, 0.3) is 0 Å². The summed E-state index contributed by atoms with van der Waals surface area (Å²) in [5.74, 6) is 1.32. The van der Waals surface area contributed by atoms with Gasteiger partial charge in [0.15, 0.2) is 0 Å². The maximum atomic E-state index is 4.93. The topological polar surface area (TPSA) is 21.1 Å². The van der Waals surface area contributed by atoms with Gasteiger partial charge in [-0.25, -0.2) is 4.98 Å². The number of aryl methyl sites for hydroxylation is 1. The maximum absolute atomic E-state index is 4.93. The smallest absolute Gasteiger partial charge is 0.111 e. The van der Waals surface area contributed by atoms with Gasteiger partial charge in [0.1, 0.15) is 5.82 Å². The zero-order valence-corrected chi connectivity index (χ0v) is 21.6. The molecule has 0 N–H and O–H groups in total. The second-order valence-corrected chi connectivity index (χ2v) is 10.8. The van der Waals surface area contributed by atoms with Gasteiger partial charge in [0.05, 0.1) is 28.1 Å². The van der Waals surface area contributed by atoms with Crippen LogP contribution in [0.25, 0.3) is 22.3 Å². The van der Waals surface area contributed by atoms with E-state index in [-0.39, 0.29) is 0 Å². The lowest BCUT2D eigenvalue weighted by atomic mass is 9.66. The summed E-state index contributed by atoms with van der Waals surface area (Å²) in [5.41, 5.74) is 16.5. The fourth-order valence-electron chi connectivity index (χ4n) is 7.12. The summed E-state index contributed by atoms with van der Waals surface area (Å²) in [4.78, 5) is 7.33. The molecule has 1 aromatic heterocycles. The minimum atomic E-state index is 0.312. The quantitative estimate of drug-likeness (QED) is 0.242. The number of allylic oxidation sites excluding steroid dienone is 14. The fraction of sp³-hybridized carbons (Fsp3) is 0.0833. The predicted molar refractivity (Wildman–Crippen MR) is 160 cm³/mol. The van der Waals surface area contributed by atoms with Crippen LogP contribution in [0.15, 0.2) is 143 Å². The predicted octanol–water partition coefficient (Wildman–Crippen LogP) is 8.75. The van der Waals surface area contributed by atoms with Gasteiger partial charge >= 0.3 is 0 Å². The lowest BCUT2D eigenvalue weighted by Crippen LogP contribution is -2.22. The van der Waals surface area contributed by atoms with Crippen molar-refractivity contribution >= 4 is 33.7 Å². The van der Waals surface area contributed by atoms with Gasteiger partial charge in [-0.3, -0.25) is 4.57 Å². The van der Waals surface area contributed by atoms with E-state index in [1.165, 1.54) is 50.4 Å². The van der Waals surface area contributed by atoms with Crippen LogP contribution in [0.5, 0.6) is 0 Å². The standard InChI is InChI=1S/C36H25N3/c1-22-37-30-14-7-15-32-36(30)38(22)31-19-18-25(21-33(31)39(32)27-11-3-2-4-12-27)29-20-26-10-5-8-23-16-17-24-9-6-13-28(29)35(24)34(23)26/h2-9,11-21,35H,10H2,1H3. The highest BCUT2D eigenvalue weighted by Crippen LogP contribution is 2.52. The third-order valence-electron chi connectivity index (χ3n) is 8.72. The SMILES string of the molecule is Cc1nc2cccc3c2n1-c1ccc(C2=C4C=CC=C5C=CC6=C(C(=C2)CC=C6)C54)cc1N3c1ccccc1. The van der Waals surface area contributed by atoms with E-state index in [9.17, 15) is 0 Å². The van der Waals surface area contributed by atoms with Gasteiger partial charge in [-0.15, -0.1) is 0 Å². The Morgan fingerprint density at radius 1 is 0.846 bits per heavy atom. The van der Waals surface area contributed by atoms with Crippen LogP contribution >= 0.6 is 0 Å². The summed E-state index contributed by atoms with van der Waals surface area (Å²) in [6, 6.07) is 24.1. The Balaban J connectivity index is 1.31. The van der Waals surface area contributed by atoms with Crippen molar-refractivity contribution in [2.75, 3.05) is 4.90 Å². The van der Waals surface area contributed by atoms with Gasteiger partial charge in [-0.05, 0) is 88.7 Å². The van der Waals surface area contributed by atoms with Crippen molar-refractivity contribution in [3.8, 4) is 5.69 Å². The zero-order chi connectivity index (χ0) is 25.7. The third-order valence-corrected chi connectivity index (χ3v) is 8.72. The summed E-state index contributed by atoms with van der Waals surface area (Å²) in [6.45, 7) is 2.11. The fourth-order valence-corrected chi connectivity index (χ4v) is 7.12. The number of fused-ring (bicyclic) bond motifs is 2. The first-order chi connectivity index (χ1) is 19.3. The van der Waals surface area contributed by atoms with Gasteiger partial charge < -0.3 is 4.90 Å². The van der Waals surface area contributed by atoms with E-state index in [1.54, 1.807) is 0 Å². The molecular weight excluding hydrogens is 474 g/mol. The maximum Gasteiger partial charge on any atom is 0.111 e. The molecule has 0 saturated carbocycles. The number of hydrogen-bond donors (Lipinski definition) is 0. The van der Waals surface area contributed by atoms with Gasteiger partial charge in [0.2, 0.25) is 0 Å². The molecule has 2 heterocycles. The summed E-state index contributed by atoms with van der Waals surface area (Å²) in [7, 11) is 0. The molecule has 3 nitrogen and oxygen atoms in total. The Hall–Kier alpha value is -4.89. The highest BCUT2D eigenvalue weighted by Gasteiger charge is 2.35. The van der Waals surface area contributed by atoms with Crippen molar-refractivity contribution in [1.82, 2.24) is 9.55 Å². The van der Waals surface area contributed by atoms with Crippen LogP contribution in [-0.2, 0) is 0 Å². The molecule has 0 spiro atoms. The van der Waals surface area contributed by atoms with E-state index in [0.717, 1.165) is 34.7 Å². The summed E-state index contributed by atoms with van der Waals surface area (Å²) in [5, 5.41) is 0. The Bertz CT molecular complexity index is 1990. The Morgan fingerprint density at radius 3 is 2.69 bits per heavy atom. The molecule has 0 fully saturated rings. The van der Waals surface area contributed by atoms with Crippen molar-refractivity contribution in [2.45, 2.75) is 13.3 Å². The first kappa shape index (κ1) is 21.1. The number of para-hydroxylation sites is 2. The molecule has 4 aromatic rings. The van der Waals surface area contributed by atoms with Gasteiger partial charge in [-0.2, -0.15) is 0 Å². The highest BCUT2D eigenvalue weighted by atomic mass is 15.2. The van der Waals surface area contributed by atoms with Crippen molar-refractivity contribution < 1.29 is 0 Å². The third kappa shape index (κ3) is 2.79. The number of imidazole rings is 1. The highest BCUT2D eigenvalue weighted by molar-refractivity contribution is 6.02. The van der Waals surface area contributed by atoms with Crippen molar-refractivity contribution in [2.24, 2.45) is 5.92 Å². The number of aromatic nitrogens is 2. The molecule has 1 unspecified atom stereocenters. The van der Waals surface area contributed by atoms with E-state index in [2.05, 4.69) is 132 Å². The largest absolute Gasteiger partial charge is 0.306 e. The second kappa shape index (κ2) is 7.58. The van der Waals surface area contributed by atoms with Crippen LogP contribution in [0.3, 0.4) is 0 Å². The Morgan fingerprint density at radius 2 is 1.77 bits per heavy atom. The second-order valence-electron chi connectivity index (χ2n) is 10.8. The van der Waals surface area contributed by atoms with Crippen molar-refractivity contribution in [3.05, 3.63) is 155 Å². The van der Waals surface area contributed by atoms with Crippen LogP contribution in [-0.4, -0.2) is 9.55 Å². The summed E-state index contributed by atoms with van der Waals surface area (Å²) in [6.07, 6.45) is 19.4. The molecule has 0 radical (unpaired) electrons. The zero-order valence-electron chi connectivity index (χ0n) is 21.6. The van der Waals surface area contributed by atoms with E-state index >= 15 is 0 Å². The minimum absolute atomic E-state index is 0.312. The van der Waals surface area contributed by atoms with E-state index in [1.807, 2.05) is 0 Å². The van der Waals surface area contributed by atoms with Gasteiger partial charge in [0, 0.05) is 11.6 Å². The van der Waals surface area contributed by atoms with E-state index < -0.39 is 0 Å². The van der Waals surface area contributed by atoms with Crippen LogP contribution in [0.4, 0.5) is 17.1 Å². The van der Waals surface area contributed by atoms with Crippen LogP contribution in [0, 0.1) is 12.8 Å². The first-order valence-electron chi connectivity index (χ1n) is 13.7. The molecule has 3 heteroatoms. The summed E-state index contributed by atoms with van der Waals surface area (Å²) >= 11 is 0. The molecule has 39 heavy (non-hydrogen) atoms. The molecule has 0 amide bonds.